The van der Waals surface area contributed by atoms with Crippen molar-refractivity contribution in [2.75, 3.05) is 25.8 Å². The third-order valence-corrected chi connectivity index (χ3v) is 6.68. The number of ether oxygens (including phenoxy) is 3. The zero-order chi connectivity index (χ0) is 27.6. The lowest BCUT2D eigenvalue weighted by atomic mass is 10.1. The van der Waals surface area contributed by atoms with Gasteiger partial charge >= 0.3 is 11.9 Å². The van der Waals surface area contributed by atoms with Crippen molar-refractivity contribution in [2.24, 2.45) is 0 Å². The molecule has 37 heavy (non-hydrogen) atoms. The largest absolute Gasteiger partial charge is 0.493 e. The third kappa shape index (κ3) is 8.27. The molecule has 0 saturated heterocycles. The van der Waals surface area contributed by atoms with Crippen LogP contribution in [-0.4, -0.2) is 57.1 Å². The number of benzene rings is 2. The van der Waals surface area contributed by atoms with Crippen LogP contribution in [-0.2, 0) is 14.3 Å². The maximum atomic E-state index is 12.9. The van der Waals surface area contributed by atoms with Crippen molar-refractivity contribution < 1.29 is 33.4 Å². The number of nitrogens with zero attached hydrogens (tertiary/aromatic N) is 1. The molecule has 192 valence electrons. The number of hydrogen-bond acceptors (Lipinski definition) is 7. The average Bonchev–Trinajstić information content (AvgIpc) is 2.88. The standard InChI is InChI=1S/C27H28N2O7Si/c1-7-24(30)28-21-17-22(34-3)23(16-20(21)27(33)35-14-15-37(4,5)6)36-18-29(25(31)8-2)26(32)19-12-10-9-11-13-19/h1-2,9-13,16-17H,14-15,18H2,3-6H3,(H,28,30). The molecule has 1 N–H and O–H groups in total. The quantitative estimate of drug-likeness (QED) is 0.221. The molecule has 2 aromatic carbocycles. The third-order valence-electron chi connectivity index (χ3n) is 4.97. The molecular formula is C27H28N2O7Si. The Morgan fingerprint density at radius 2 is 1.68 bits per heavy atom. The lowest BCUT2D eigenvalue weighted by molar-refractivity contribution is -0.125. The molecule has 0 bridgehead atoms. The van der Waals surface area contributed by atoms with E-state index in [-0.39, 0.29) is 34.9 Å². The summed E-state index contributed by atoms with van der Waals surface area (Å²) in [6.45, 7) is 6.03. The molecule has 0 spiro atoms. The highest BCUT2D eigenvalue weighted by Gasteiger charge is 2.25. The Hall–Kier alpha value is -4.54. The molecule has 0 aliphatic heterocycles. The van der Waals surface area contributed by atoms with Crippen molar-refractivity contribution in [3.05, 3.63) is 53.6 Å². The van der Waals surface area contributed by atoms with Crippen LogP contribution < -0.4 is 14.8 Å². The second kappa shape index (κ2) is 13.0. The molecule has 0 aromatic heterocycles. The van der Waals surface area contributed by atoms with Gasteiger partial charge in [0.1, 0.15) is 0 Å². The number of anilines is 1. The topological polar surface area (TPSA) is 111 Å². The number of hydrogen-bond donors (Lipinski definition) is 1. The Kier molecular flexibility index (Phi) is 10.0. The maximum absolute atomic E-state index is 12.9. The summed E-state index contributed by atoms with van der Waals surface area (Å²) in [5.41, 5.74) is 0.210. The highest BCUT2D eigenvalue weighted by atomic mass is 28.3. The van der Waals surface area contributed by atoms with Crippen molar-refractivity contribution >= 4 is 37.5 Å². The summed E-state index contributed by atoms with van der Waals surface area (Å²) < 4.78 is 16.4. The minimum absolute atomic E-state index is 0.00552. The van der Waals surface area contributed by atoms with Gasteiger partial charge < -0.3 is 19.5 Å². The van der Waals surface area contributed by atoms with Crippen LogP contribution in [0.3, 0.4) is 0 Å². The minimum Gasteiger partial charge on any atom is -0.493 e. The molecule has 9 nitrogen and oxygen atoms in total. The molecule has 0 unspecified atom stereocenters. The van der Waals surface area contributed by atoms with Crippen LogP contribution in [0.1, 0.15) is 20.7 Å². The number of nitrogens with one attached hydrogen (secondary N) is 1. The van der Waals surface area contributed by atoms with E-state index in [9.17, 15) is 19.2 Å². The van der Waals surface area contributed by atoms with Gasteiger partial charge in [0.25, 0.3) is 11.8 Å². The van der Waals surface area contributed by atoms with Crippen molar-refractivity contribution in [2.45, 2.75) is 25.7 Å². The molecule has 0 fully saturated rings. The Labute approximate surface area is 217 Å². The molecule has 3 amide bonds. The lowest BCUT2D eigenvalue weighted by Crippen LogP contribution is -2.39. The predicted octanol–water partition coefficient (Wildman–Crippen LogP) is 3.40. The van der Waals surface area contributed by atoms with Crippen LogP contribution in [0, 0.1) is 24.7 Å². The fourth-order valence-corrected chi connectivity index (χ4v) is 3.66. The zero-order valence-electron chi connectivity index (χ0n) is 21.1. The van der Waals surface area contributed by atoms with E-state index in [0.717, 1.165) is 10.9 Å². The van der Waals surface area contributed by atoms with E-state index in [0.29, 0.717) is 0 Å². The Morgan fingerprint density at radius 1 is 1.00 bits per heavy atom. The highest BCUT2D eigenvalue weighted by molar-refractivity contribution is 6.76. The van der Waals surface area contributed by atoms with Crippen molar-refractivity contribution in [3.8, 4) is 36.2 Å². The first-order valence-electron chi connectivity index (χ1n) is 11.2. The molecule has 0 radical (unpaired) electrons. The SMILES string of the molecule is C#CC(=O)Nc1cc(OC)c(OCN(C(=O)C#C)C(=O)c2ccccc2)cc1C(=O)OCC[Si](C)(C)C. The molecule has 10 heteroatoms. The summed E-state index contributed by atoms with van der Waals surface area (Å²) in [6, 6.07) is 11.4. The van der Waals surface area contributed by atoms with Gasteiger partial charge in [-0.15, -0.1) is 12.8 Å². The van der Waals surface area contributed by atoms with E-state index in [1.807, 2.05) is 11.8 Å². The second-order valence-corrected chi connectivity index (χ2v) is 14.5. The maximum Gasteiger partial charge on any atom is 0.340 e. The number of carbonyl (C=O) groups excluding carboxylic acids is 4. The summed E-state index contributed by atoms with van der Waals surface area (Å²) in [5.74, 6) is 0.789. The molecule has 2 rings (SSSR count). The summed E-state index contributed by atoms with van der Waals surface area (Å²) in [4.78, 5) is 50.7. The van der Waals surface area contributed by atoms with Crippen LogP contribution >= 0.6 is 0 Å². The first kappa shape index (κ1) is 28.7. The molecule has 0 heterocycles. The highest BCUT2D eigenvalue weighted by Crippen LogP contribution is 2.34. The summed E-state index contributed by atoms with van der Waals surface area (Å²) in [7, 11) is -0.145. The summed E-state index contributed by atoms with van der Waals surface area (Å²) in [6.07, 6.45) is 10.4. The number of amides is 3. The van der Waals surface area contributed by atoms with Crippen LogP contribution in [0.15, 0.2) is 42.5 Å². The number of rotatable bonds is 10. The predicted molar refractivity (Wildman–Crippen MR) is 141 cm³/mol. The van der Waals surface area contributed by atoms with Crippen LogP contribution in [0.5, 0.6) is 11.5 Å². The van der Waals surface area contributed by atoms with E-state index in [1.165, 1.54) is 31.4 Å². The minimum atomic E-state index is -1.48. The van der Waals surface area contributed by atoms with Gasteiger partial charge in [0, 0.05) is 25.8 Å². The van der Waals surface area contributed by atoms with Gasteiger partial charge in [-0.3, -0.25) is 14.4 Å². The number of carbonyl (C=O) groups is 4. The van der Waals surface area contributed by atoms with Crippen molar-refractivity contribution in [1.82, 2.24) is 4.90 Å². The van der Waals surface area contributed by atoms with Crippen molar-refractivity contribution in [1.29, 1.82) is 0 Å². The summed E-state index contributed by atoms with van der Waals surface area (Å²) in [5, 5.41) is 2.43. The fraction of sp³-hybridized carbons (Fsp3) is 0.259. The number of esters is 1. The van der Waals surface area contributed by atoms with Gasteiger partial charge in [0.15, 0.2) is 18.2 Å². The Balaban J connectivity index is 2.40. The van der Waals surface area contributed by atoms with E-state index in [1.54, 1.807) is 18.2 Å². The molecule has 0 saturated carbocycles. The average molecular weight is 521 g/mol. The van der Waals surface area contributed by atoms with Gasteiger partial charge in [-0.05, 0) is 30.0 Å². The van der Waals surface area contributed by atoms with Gasteiger partial charge in [-0.25, -0.2) is 9.69 Å². The number of imide groups is 1. The molecule has 0 atom stereocenters. The second-order valence-electron chi connectivity index (χ2n) is 8.92. The van der Waals surface area contributed by atoms with Crippen LogP contribution in [0.4, 0.5) is 5.69 Å². The smallest absolute Gasteiger partial charge is 0.340 e. The van der Waals surface area contributed by atoms with Gasteiger partial charge in [-0.1, -0.05) is 37.8 Å². The Morgan fingerprint density at radius 3 is 2.24 bits per heavy atom. The molecular weight excluding hydrogens is 492 g/mol. The lowest BCUT2D eigenvalue weighted by Gasteiger charge is -2.21. The van der Waals surface area contributed by atoms with Crippen molar-refractivity contribution in [3.63, 3.8) is 0 Å². The van der Waals surface area contributed by atoms with Gasteiger partial charge in [0.05, 0.1) is 25.0 Å². The van der Waals surface area contributed by atoms with Gasteiger partial charge in [-0.2, -0.15) is 0 Å². The van der Waals surface area contributed by atoms with E-state index in [2.05, 4.69) is 25.0 Å². The van der Waals surface area contributed by atoms with E-state index < -0.39 is 38.5 Å². The van der Waals surface area contributed by atoms with E-state index in [4.69, 9.17) is 27.1 Å². The first-order chi connectivity index (χ1) is 17.5. The molecule has 2 aromatic rings. The molecule has 0 aliphatic carbocycles. The van der Waals surface area contributed by atoms with Crippen LogP contribution in [0.25, 0.3) is 0 Å². The molecule has 0 aliphatic rings. The zero-order valence-corrected chi connectivity index (χ0v) is 22.1. The van der Waals surface area contributed by atoms with E-state index >= 15 is 0 Å². The number of methoxy groups -OCH3 is 1. The van der Waals surface area contributed by atoms with Gasteiger partial charge in [0.2, 0.25) is 0 Å². The normalized spacial score (nSPS) is 10.3. The monoisotopic (exact) mass is 520 g/mol. The first-order valence-corrected chi connectivity index (χ1v) is 14.9. The van der Waals surface area contributed by atoms with Crippen LogP contribution in [0.2, 0.25) is 25.7 Å². The number of terminal acetylenes is 2. The fourth-order valence-electron chi connectivity index (χ4n) is 2.95. The summed E-state index contributed by atoms with van der Waals surface area (Å²) >= 11 is 0. The Bertz CT molecular complexity index is 1250.